The van der Waals surface area contributed by atoms with Gasteiger partial charge in [0, 0.05) is 20.1 Å². The molecular weight excluding hydrogens is 463 g/mol. The Hall–Kier alpha value is -0.790. The number of hydrogen-bond acceptors (Lipinski definition) is 2. The first kappa shape index (κ1) is 20.5. The maximum Gasteiger partial charge on any atom is 0.0814 e. The van der Waals surface area contributed by atoms with E-state index >= 15 is 0 Å². The minimum Gasteiger partial charge on any atom is -0.250 e. The number of aryl methyl sites for hydroxylation is 2. The average molecular weight is 486 g/mol. The number of allylic oxidation sites excluding steroid dienone is 1. The molecule has 25 heavy (non-hydrogen) atoms. The number of halogens is 1. The molecule has 2 atom stereocenters. The molecule has 0 heterocycles. The van der Waals surface area contributed by atoms with Crippen molar-refractivity contribution in [2.24, 2.45) is 0 Å². The fourth-order valence-corrected chi connectivity index (χ4v) is 5.33. The number of rotatable bonds is 8. The van der Waals surface area contributed by atoms with Crippen LogP contribution in [0.5, 0.6) is 0 Å². The van der Waals surface area contributed by atoms with E-state index in [2.05, 4.69) is 22.6 Å². The molecule has 0 aromatic heterocycles. The van der Waals surface area contributed by atoms with Gasteiger partial charge in [-0.2, -0.15) is 0 Å². The van der Waals surface area contributed by atoms with Crippen molar-refractivity contribution in [2.45, 2.75) is 42.9 Å². The fourth-order valence-electron chi connectivity index (χ4n) is 2.26. The van der Waals surface area contributed by atoms with Crippen LogP contribution < -0.4 is 0 Å². The second-order valence-electron chi connectivity index (χ2n) is 5.92. The van der Waals surface area contributed by atoms with Crippen molar-refractivity contribution in [1.29, 1.82) is 0 Å². The summed E-state index contributed by atoms with van der Waals surface area (Å²) in [6.07, 6.45) is 2.73. The summed E-state index contributed by atoms with van der Waals surface area (Å²) in [6, 6.07) is 15.4. The molecule has 0 bridgehead atoms. The number of hydrogen-bond donors (Lipinski definition) is 0. The molecule has 5 heteroatoms. The second kappa shape index (κ2) is 10.4. The van der Waals surface area contributed by atoms with Gasteiger partial charge in [0.1, 0.15) is 0 Å². The van der Waals surface area contributed by atoms with E-state index in [0.29, 0.717) is 6.42 Å². The number of benzene rings is 2. The van der Waals surface area contributed by atoms with Gasteiger partial charge in [-0.15, -0.1) is 0 Å². The van der Waals surface area contributed by atoms with Crippen LogP contribution in [0, 0.1) is 13.8 Å². The first-order valence-electron chi connectivity index (χ1n) is 8.23. The van der Waals surface area contributed by atoms with Crippen molar-refractivity contribution in [3.8, 4) is 0 Å². The third-order valence-corrected chi connectivity index (χ3v) is 7.42. The molecule has 2 aromatic rings. The molecule has 0 amide bonds. The molecule has 0 spiro atoms. The van der Waals surface area contributed by atoms with Crippen LogP contribution in [0.2, 0.25) is 0 Å². The predicted octanol–water partition coefficient (Wildman–Crippen LogP) is 5.67. The third kappa shape index (κ3) is 6.46. The summed E-state index contributed by atoms with van der Waals surface area (Å²) in [5, 5.41) is 1.69. The molecule has 0 radical (unpaired) electrons. The maximum absolute atomic E-state index is 13.0. The Morgan fingerprint density at radius 3 is 1.92 bits per heavy atom. The van der Waals surface area contributed by atoms with E-state index in [1.807, 2.05) is 62.4 Å². The molecule has 0 aliphatic carbocycles. The highest BCUT2D eigenvalue weighted by molar-refractivity contribution is 14.1. The van der Waals surface area contributed by atoms with E-state index in [1.165, 1.54) is 0 Å². The number of alkyl halides is 1. The minimum atomic E-state index is -1.28. The van der Waals surface area contributed by atoms with Crippen molar-refractivity contribution in [3.05, 3.63) is 70.0 Å². The van der Waals surface area contributed by atoms with Crippen molar-refractivity contribution < 1.29 is 8.42 Å². The zero-order valence-electron chi connectivity index (χ0n) is 14.5. The highest BCUT2D eigenvalue weighted by atomic mass is 127. The summed E-state index contributed by atoms with van der Waals surface area (Å²) in [6.45, 7) is 4.01. The van der Waals surface area contributed by atoms with Crippen LogP contribution in [-0.4, -0.2) is 12.8 Å². The van der Waals surface area contributed by atoms with E-state index in [4.69, 9.17) is 0 Å². The Morgan fingerprint density at radius 1 is 0.880 bits per heavy atom. The lowest BCUT2D eigenvalue weighted by atomic mass is 10.2. The Balaban J connectivity index is 2.27. The van der Waals surface area contributed by atoms with Gasteiger partial charge in [0.15, 0.2) is 0 Å². The van der Waals surface area contributed by atoms with Gasteiger partial charge in [0.05, 0.1) is 21.6 Å². The highest BCUT2D eigenvalue weighted by Crippen LogP contribution is 2.22. The lowest BCUT2D eigenvalue weighted by Gasteiger charge is -2.08. The van der Waals surface area contributed by atoms with Crippen molar-refractivity contribution in [3.63, 3.8) is 0 Å². The molecule has 0 saturated carbocycles. The van der Waals surface area contributed by atoms with E-state index in [-0.39, 0.29) is 0 Å². The van der Waals surface area contributed by atoms with Crippen molar-refractivity contribution in [1.82, 2.24) is 0 Å². The summed E-state index contributed by atoms with van der Waals surface area (Å²) >= 11 is 2.35. The summed E-state index contributed by atoms with van der Waals surface area (Å²) in [4.78, 5) is 2.28. The molecule has 2 aromatic carbocycles. The molecule has 2 rings (SSSR count). The zero-order chi connectivity index (χ0) is 18.2. The van der Waals surface area contributed by atoms with Gasteiger partial charge >= 0.3 is 0 Å². The highest BCUT2D eigenvalue weighted by Gasteiger charge is 2.13. The first-order chi connectivity index (χ1) is 12.0. The zero-order valence-corrected chi connectivity index (χ0v) is 18.3. The van der Waals surface area contributed by atoms with Crippen molar-refractivity contribution >= 4 is 44.2 Å². The molecule has 134 valence electrons. The molecule has 0 saturated heterocycles. The van der Waals surface area contributed by atoms with Crippen molar-refractivity contribution in [2.75, 3.05) is 4.43 Å². The van der Waals surface area contributed by atoms with Crippen LogP contribution in [0.1, 0.15) is 30.4 Å². The van der Waals surface area contributed by atoms with Crippen LogP contribution in [0.4, 0.5) is 0 Å². The molecule has 0 aliphatic rings. The minimum absolute atomic E-state index is 0.709. The van der Waals surface area contributed by atoms with Gasteiger partial charge in [0.2, 0.25) is 0 Å². The molecule has 0 fully saturated rings. The molecule has 2 nitrogen and oxygen atoms in total. The Labute approximate surface area is 169 Å². The quantitative estimate of drug-likeness (QED) is 0.274. The van der Waals surface area contributed by atoms with Gasteiger partial charge in [-0.05, 0) is 61.8 Å². The van der Waals surface area contributed by atoms with E-state index in [0.717, 1.165) is 43.1 Å². The standard InChI is InChI=1S/C20H23IO2S2/c1-16-6-10-18(11-7-16)24(22)15-20(5-3-4-14-21)25(23)19-12-8-17(2)9-13-19/h6-13,15H,3-5,14H2,1-2H3/b20-15-. The van der Waals surface area contributed by atoms with Gasteiger partial charge in [0.25, 0.3) is 0 Å². The smallest absolute Gasteiger partial charge is 0.0814 e. The molecule has 2 unspecified atom stereocenters. The van der Waals surface area contributed by atoms with Crippen LogP contribution in [-0.2, 0) is 21.6 Å². The lowest BCUT2D eigenvalue weighted by molar-refractivity contribution is 0.682. The summed E-state index contributed by atoms with van der Waals surface area (Å²) in [5.41, 5.74) is 2.27. The third-order valence-electron chi connectivity index (χ3n) is 3.77. The topological polar surface area (TPSA) is 34.1 Å². The SMILES string of the molecule is Cc1ccc(S(=O)/C=C(/CCCCI)S(=O)c2ccc(C)cc2)cc1. The molecule has 0 N–H and O–H groups in total. The fraction of sp³-hybridized carbons (Fsp3) is 0.300. The van der Waals surface area contributed by atoms with Crippen LogP contribution in [0.3, 0.4) is 0 Å². The van der Waals surface area contributed by atoms with E-state index in [1.54, 1.807) is 5.41 Å². The molecular formula is C20H23IO2S2. The van der Waals surface area contributed by atoms with Crippen LogP contribution in [0.15, 0.2) is 68.6 Å². The Kier molecular flexibility index (Phi) is 8.52. The summed E-state index contributed by atoms with van der Waals surface area (Å²) < 4.78 is 26.7. The maximum atomic E-state index is 13.0. The van der Waals surface area contributed by atoms with Gasteiger partial charge in [-0.25, -0.2) is 8.42 Å². The summed E-state index contributed by atoms with van der Waals surface area (Å²) in [7, 11) is -2.55. The Morgan fingerprint density at radius 2 is 1.40 bits per heavy atom. The molecule has 0 aliphatic heterocycles. The monoisotopic (exact) mass is 486 g/mol. The normalized spacial score (nSPS) is 14.3. The summed E-state index contributed by atoms with van der Waals surface area (Å²) in [5.74, 6) is 0. The Bertz CT molecular complexity index is 765. The van der Waals surface area contributed by atoms with Gasteiger partial charge in [-0.3, -0.25) is 0 Å². The predicted molar refractivity (Wildman–Crippen MR) is 116 cm³/mol. The average Bonchev–Trinajstić information content (AvgIpc) is 2.61. The second-order valence-corrected chi connectivity index (χ2v) is 9.84. The number of unbranched alkanes of at least 4 members (excludes halogenated alkanes) is 1. The van der Waals surface area contributed by atoms with E-state index in [9.17, 15) is 8.42 Å². The van der Waals surface area contributed by atoms with Gasteiger partial charge < -0.3 is 0 Å². The van der Waals surface area contributed by atoms with Gasteiger partial charge in [-0.1, -0.05) is 58.0 Å². The van der Waals surface area contributed by atoms with Crippen LogP contribution >= 0.6 is 22.6 Å². The van der Waals surface area contributed by atoms with Crippen LogP contribution in [0.25, 0.3) is 0 Å². The lowest BCUT2D eigenvalue weighted by Crippen LogP contribution is -2.00. The first-order valence-corrected chi connectivity index (χ1v) is 12.1. The van der Waals surface area contributed by atoms with E-state index < -0.39 is 21.6 Å². The largest absolute Gasteiger partial charge is 0.250 e.